The third-order valence-electron chi connectivity index (χ3n) is 2.41. The first-order valence-electron chi connectivity index (χ1n) is 5.34. The van der Waals surface area contributed by atoms with Gasteiger partial charge in [0.25, 0.3) is 5.69 Å². The van der Waals surface area contributed by atoms with Crippen molar-refractivity contribution < 1.29 is 4.92 Å². The molecule has 1 aromatic carbocycles. The van der Waals surface area contributed by atoms with Crippen LogP contribution in [0.1, 0.15) is 5.69 Å². The summed E-state index contributed by atoms with van der Waals surface area (Å²) in [5, 5.41) is 14.0. The number of hydrogen-bond acceptors (Lipinski definition) is 4. The minimum absolute atomic E-state index is 0.0338. The Bertz CT molecular complexity index is 602. The average Bonchev–Trinajstić information content (AvgIpc) is 2.39. The zero-order valence-electron chi connectivity index (χ0n) is 9.64. The van der Waals surface area contributed by atoms with Crippen molar-refractivity contribution in [2.75, 3.05) is 5.32 Å². The van der Waals surface area contributed by atoms with Gasteiger partial charge in [0, 0.05) is 21.2 Å². The van der Waals surface area contributed by atoms with Gasteiger partial charge >= 0.3 is 0 Å². The standard InChI is InChI=1S/C12H9Br2N3O2/c13-8-2-4-11(12(5-8)17(18)19)16-7-10-3-1-9(14)6-15-10/h1-6,16H,7H2. The fraction of sp³-hybridized carbons (Fsp3) is 0.0833. The van der Waals surface area contributed by atoms with Gasteiger partial charge in [0.2, 0.25) is 0 Å². The van der Waals surface area contributed by atoms with E-state index in [-0.39, 0.29) is 5.69 Å². The van der Waals surface area contributed by atoms with E-state index in [4.69, 9.17) is 0 Å². The Kier molecular flexibility index (Phi) is 4.49. The van der Waals surface area contributed by atoms with Crippen LogP contribution in [0.3, 0.4) is 0 Å². The van der Waals surface area contributed by atoms with Crippen LogP contribution >= 0.6 is 31.9 Å². The molecule has 0 atom stereocenters. The van der Waals surface area contributed by atoms with E-state index < -0.39 is 4.92 Å². The summed E-state index contributed by atoms with van der Waals surface area (Å²) >= 11 is 6.52. The van der Waals surface area contributed by atoms with Gasteiger partial charge in [0.15, 0.2) is 0 Å². The fourth-order valence-corrected chi connectivity index (χ4v) is 2.09. The molecule has 0 amide bonds. The first-order valence-corrected chi connectivity index (χ1v) is 6.93. The molecule has 5 nitrogen and oxygen atoms in total. The maximum absolute atomic E-state index is 11.0. The molecule has 1 N–H and O–H groups in total. The molecule has 0 saturated carbocycles. The molecule has 0 bridgehead atoms. The molecule has 0 fully saturated rings. The van der Waals surface area contributed by atoms with Crippen LogP contribution in [0.2, 0.25) is 0 Å². The quantitative estimate of drug-likeness (QED) is 0.633. The van der Waals surface area contributed by atoms with Crippen molar-refractivity contribution >= 4 is 43.2 Å². The Hall–Kier alpha value is -1.47. The van der Waals surface area contributed by atoms with Crippen LogP contribution in [0.4, 0.5) is 11.4 Å². The predicted molar refractivity (Wildman–Crippen MR) is 80.1 cm³/mol. The molecule has 2 rings (SSSR count). The number of rotatable bonds is 4. The van der Waals surface area contributed by atoms with E-state index in [9.17, 15) is 10.1 Å². The summed E-state index contributed by atoms with van der Waals surface area (Å²) in [4.78, 5) is 14.7. The Labute approximate surface area is 126 Å². The molecule has 98 valence electrons. The van der Waals surface area contributed by atoms with Crippen LogP contribution in [0.25, 0.3) is 0 Å². The Balaban J connectivity index is 2.15. The van der Waals surface area contributed by atoms with Gasteiger partial charge in [-0.2, -0.15) is 0 Å². The minimum atomic E-state index is -0.415. The summed E-state index contributed by atoms with van der Waals surface area (Å²) in [6, 6.07) is 8.62. The van der Waals surface area contributed by atoms with E-state index >= 15 is 0 Å². The van der Waals surface area contributed by atoms with Crippen molar-refractivity contribution in [1.82, 2.24) is 4.98 Å². The number of nitro benzene ring substituents is 1. The number of pyridine rings is 1. The lowest BCUT2D eigenvalue weighted by Gasteiger charge is -2.07. The fourth-order valence-electron chi connectivity index (χ4n) is 1.50. The zero-order valence-corrected chi connectivity index (χ0v) is 12.8. The third kappa shape index (κ3) is 3.74. The summed E-state index contributed by atoms with van der Waals surface area (Å²) in [6.07, 6.45) is 1.69. The number of nitrogens with zero attached hydrogens (tertiary/aromatic N) is 2. The summed E-state index contributed by atoms with van der Waals surface area (Å²) < 4.78 is 1.57. The van der Waals surface area contributed by atoms with Crippen molar-refractivity contribution in [3.05, 3.63) is 61.3 Å². The van der Waals surface area contributed by atoms with E-state index in [1.54, 1.807) is 18.3 Å². The number of benzene rings is 1. The maximum atomic E-state index is 11.0. The van der Waals surface area contributed by atoms with Gasteiger partial charge in [-0.25, -0.2) is 0 Å². The first kappa shape index (κ1) is 14.0. The first-order chi connectivity index (χ1) is 9.06. The number of halogens is 2. The molecule has 7 heteroatoms. The normalized spacial score (nSPS) is 10.2. The second kappa shape index (κ2) is 6.12. The van der Waals surface area contributed by atoms with Crippen LogP contribution in [0.5, 0.6) is 0 Å². The average molecular weight is 387 g/mol. The van der Waals surface area contributed by atoms with E-state index in [0.717, 1.165) is 10.2 Å². The van der Waals surface area contributed by atoms with Crippen molar-refractivity contribution in [3.8, 4) is 0 Å². The number of nitro groups is 1. The highest BCUT2D eigenvalue weighted by Gasteiger charge is 2.13. The lowest BCUT2D eigenvalue weighted by molar-refractivity contribution is -0.384. The number of hydrogen-bond donors (Lipinski definition) is 1. The Morgan fingerprint density at radius 3 is 2.58 bits per heavy atom. The predicted octanol–water partition coefficient (Wildman–Crippen LogP) is 4.13. The van der Waals surface area contributed by atoms with Crippen LogP contribution < -0.4 is 5.32 Å². The summed E-state index contributed by atoms with van der Waals surface area (Å²) in [7, 11) is 0. The molecule has 1 aromatic heterocycles. The second-order valence-electron chi connectivity index (χ2n) is 3.74. The van der Waals surface area contributed by atoms with Gasteiger partial charge < -0.3 is 5.32 Å². The highest BCUT2D eigenvalue weighted by atomic mass is 79.9. The molecule has 0 aliphatic rings. The summed E-state index contributed by atoms with van der Waals surface area (Å²) in [5.74, 6) is 0. The smallest absolute Gasteiger partial charge is 0.293 e. The molecule has 0 radical (unpaired) electrons. The van der Waals surface area contributed by atoms with Gasteiger partial charge in [-0.1, -0.05) is 15.9 Å². The summed E-state index contributed by atoms with van der Waals surface area (Å²) in [6.45, 7) is 0.426. The molecule has 1 heterocycles. The molecule has 0 saturated heterocycles. The van der Waals surface area contributed by atoms with Crippen molar-refractivity contribution in [2.45, 2.75) is 6.54 Å². The van der Waals surface area contributed by atoms with Crippen LogP contribution in [0, 0.1) is 10.1 Å². The number of anilines is 1. The molecule has 0 spiro atoms. The van der Waals surface area contributed by atoms with Crippen LogP contribution in [0.15, 0.2) is 45.5 Å². The lowest BCUT2D eigenvalue weighted by atomic mass is 10.2. The SMILES string of the molecule is O=[N+]([O-])c1cc(Br)ccc1NCc1ccc(Br)cn1. The van der Waals surface area contributed by atoms with Gasteiger partial charge in [0.1, 0.15) is 5.69 Å². The lowest BCUT2D eigenvalue weighted by Crippen LogP contribution is -2.04. The Morgan fingerprint density at radius 1 is 1.21 bits per heavy atom. The van der Waals surface area contributed by atoms with Crippen LogP contribution in [-0.2, 0) is 6.54 Å². The third-order valence-corrected chi connectivity index (χ3v) is 3.37. The minimum Gasteiger partial charge on any atom is -0.374 e. The summed E-state index contributed by atoms with van der Waals surface area (Å²) in [5.41, 5.74) is 1.31. The Morgan fingerprint density at radius 2 is 1.95 bits per heavy atom. The molecular weight excluding hydrogens is 378 g/mol. The van der Waals surface area contributed by atoms with Gasteiger partial charge in [-0.05, 0) is 40.2 Å². The molecule has 0 aliphatic carbocycles. The molecule has 19 heavy (non-hydrogen) atoms. The largest absolute Gasteiger partial charge is 0.374 e. The highest BCUT2D eigenvalue weighted by molar-refractivity contribution is 9.10. The van der Waals surface area contributed by atoms with E-state index in [0.29, 0.717) is 16.7 Å². The molecule has 2 aromatic rings. The zero-order chi connectivity index (χ0) is 13.8. The van der Waals surface area contributed by atoms with Crippen molar-refractivity contribution in [2.24, 2.45) is 0 Å². The topological polar surface area (TPSA) is 68.1 Å². The second-order valence-corrected chi connectivity index (χ2v) is 5.57. The number of aromatic nitrogens is 1. The monoisotopic (exact) mass is 385 g/mol. The van der Waals surface area contributed by atoms with Crippen molar-refractivity contribution in [1.29, 1.82) is 0 Å². The van der Waals surface area contributed by atoms with Gasteiger partial charge in [0.05, 0.1) is 17.2 Å². The van der Waals surface area contributed by atoms with Gasteiger partial charge in [-0.3, -0.25) is 15.1 Å². The molecular formula is C12H9Br2N3O2. The van der Waals surface area contributed by atoms with E-state index in [1.165, 1.54) is 6.07 Å². The van der Waals surface area contributed by atoms with E-state index in [2.05, 4.69) is 42.2 Å². The molecule has 0 aliphatic heterocycles. The van der Waals surface area contributed by atoms with E-state index in [1.807, 2.05) is 12.1 Å². The van der Waals surface area contributed by atoms with Crippen LogP contribution in [-0.4, -0.2) is 9.91 Å². The van der Waals surface area contributed by atoms with Gasteiger partial charge in [-0.15, -0.1) is 0 Å². The maximum Gasteiger partial charge on any atom is 0.293 e. The van der Waals surface area contributed by atoms with Crippen molar-refractivity contribution in [3.63, 3.8) is 0 Å². The molecule has 0 unspecified atom stereocenters. The highest BCUT2D eigenvalue weighted by Crippen LogP contribution is 2.28. The number of nitrogens with one attached hydrogen (secondary N) is 1.